The second-order valence-electron chi connectivity index (χ2n) is 4.47. The van der Waals surface area contributed by atoms with Gasteiger partial charge in [-0.25, -0.2) is 0 Å². The van der Waals surface area contributed by atoms with Crippen molar-refractivity contribution in [2.24, 2.45) is 5.73 Å². The molecular formula is C16H19NO2. The summed E-state index contributed by atoms with van der Waals surface area (Å²) in [4.78, 5) is 0. The number of benzene rings is 2. The van der Waals surface area contributed by atoms with Crippen LogP contribution in [0.25, 0.3) is 0 Å². The lowest BCUT2D eigenvalue weighted by molar-refractivity contribution is 0.184. The first-order valence-corrected chi connectivity index (χ1v) is 6.28. The monoisotopic (exact) mass is 257 g/mol. The molecule has 0 aliphatic heterocycles. The number of hydrogen-bond acceptors (Lipinski definition) is 3. The summed E-state index contributed by atoms with van der Waals surface area (Å²) in [7, 11) is 1.68. The lowest BCUT2D eigenvalue weighted by atomic mass is 10.1. The molecule has 2 aromatic carbocycles. The predicted octanol–water partition coefficient (Wildman–Crippen LogP) is 3.39. The van der Waals surface area contributed by atoms with E-state index in [0.717, 1.165) is 28.2 Å². The van der Waals surface area contributed by atoms with Gasteiger partial charge in [-0.3, -0.25) is 0 Å². The molecule has 0 bridgehead atoms. The summed E-state index contributed by atoms with van der Waals surface area (Å²) in [5.74, 6) is 1.64. The minimum atomic E-state index is 0.551. The molecule has 0 radical (unpaired) electrons. The number of methoxy groups -OCH3 is 1. The number of nitrogens with two attached hydrogens (primary N) is 1. The summed E-state index contributed by atoms with van der Waals surface area (Å²) in [5, 5.41) is 0. The molecular weight excluding hydrogens is 238 g/mol. The van der Waals surface area contributed by atoms with E-state index < -0.39 is 0 Å². The fourth-order valence-electron chi connectivity index (χ4n) is 1.96. The Hall–Kier alpha value is -1.84. The Morgan fingerprint density at radius 1 is 1.05 bits per heavy atom. The van der Waals surface area contributed by atoms with Gasteiger partial charge in [0, 0.05) is 13.7 Å². The highest BCUT2D eigenvalue weighted by molar-refractivity contribution is 5.38. The Kier molecular flexibility index (Phi) is 4.55. The number of ether oxygens (including phenoxy) is 2. The van der Waals surface area contributed by atoms with E-state index in [0.29, 0.717) is 13.2 Å². The van der Waals surface area contributed by atoms with E-state index in [9.17, 15) is 0 Å². The highest BCUT2D eigenvalue weighted by Gasteiger charge is 2.02. The first-order valence-electron chi connectivity index (χ1n) is 6.28. The average molecular weight is 257 g/mol. The molecule has 0 aliphatic carbocycles. The fraction of sp³-hybridized carbons (Fsp3) is 0.250. The van der Waals surface area contributed by atoms with Gasteiger partial charge in [0.2, 0.25) is 0 Å². The zero-order chi connectivity index (χ0) is 13.7. The molecule has 0 amide bonds. The maximum atomic E-state index is 5.85. The Labute approximate surface area is 114 Å². The topological polar surface area (TPSA) is 44.5 Å². The summed E-state index contributed by atoms with van der Waals surface area (Å²) >= 11 is 0. The van der Waals surface area contributed by atoms with Crippen LogP contribution >= 0.6 is 0 Å². The molecule has 0 saturated heterocycles. The molecule has 3 nitrogen and oxygen atoms in total. The van der Waals surface area contributed by atoms with Gasteiger partial charge in [0.1, 0.15) is 11.5 Å². The van der Waals surface area contributed by atoms with Crippen LogP contribution in [0.3, 0.4) is 0 Å². The van der Waals surface area contributed by atoms with Gasteiger partial charge in [0.15, 0.2) is 0 Å². The SMILES string of the molecule is COCc1cccc(Oc2ccc(CN)c(C)c2)c1. The summed E-state index contributed by atoms with van der Waals surface area (Å²) < 4.78 is 11.0. The largest absolute Gasteiger partial charge is 0.457 e. The maximum absolute atomic E-state index is 5.85. The molecule has 0 aliphatic rings. The molecule has 19 heavy (non-hydrogen) atoms. The van der Waals surface area contributed by atoms with Gasteiger partial charge in [-0.2, -0.15) is 0 Å². The van der Waals surface area contributed by atoms with Crippen LogP contribution in [0.15, 0.2) is 42.5 Å². The third-order valence-corrected chi connectivity index (χ3v) is 2.98. The van der Waals surface area contributed by atoms with Crippen molar-refractivity contribution in [1.29, 1.82) is 0 Å². The predicted molar refractivity (Wildman–Crippen MR) is 76.3 cm³/mol. The minimum absolute atomic E-state index is 0.551. The quantitative estimate of drug-likeness (QED) is 0.893. The molecule has 100 valence electrons. The normalized spacial score (nSPS) is 10.5. The van der Waals surface area contributed by atoms with Gasteiger partial charge in [-0.05, 0) is 47.9 Å². The minimum Gasteiger partial charge on any atom is -0.457 e. The van der Waals surface area contributed by atoms with E-state index in [4.69, 9.17) is 15.2 Å². The van der Waals surface area contributed by atoms with Gasteiger partial charge in [-0.1, -0.05) is 18.2 Å². The molecule has 0 spiro atoms. The van der Waals surface area contributed by atoms with Crippen LogP contribution in [0.1, 0.15) is 16.7 Å². The average Bonchev–Trinajstić information content (AvgIpc) is 2.40. The first-order chi connectivity index (χ1) is 9.22. The summed E-state index contributed by atoms with van der Waals surface area (Å²) in [5.41, 5.74) is 9.03. The van der Waals surface area contributed by atoms with Crippen molar-refractivity contribution in [3.05, 3.63) is 59.2 Å². The molecule has 0 heterocycles. The van der Waals surface area contributed by atoms with Crippen LogP contribution in [0.2, 0.25) is 0 Å². The van der Waals surface area contributed by atoms with Gasteiger partial charge in [0.25, 0.3) is 0 Å². The van der Waals surface area contributed by atoms with Crippen LogP contribution < -0.4 is 10.5 Å². The van der Waals surface area contributed by atoms with Gasteiger partial charge < -0.3 is 15.2 Å². The molecule has 3 heteroatoms. The highest BCUT2D eigenvalue weighted by Crippen LogP contribution is 2.24. The van der Waals surface area contributed by atoms with Crippen molar-refractivity contribution in [3.8, 4) is 11.5 Å². The van der Waals surface area contributed by atoms with Crippen LogP contribution in [-0.2, 0) is 17.9 Å². The first kappa shape index (κ1) is 13.6. The number of hydrogen-bond donors (Lipinski definition) is 1. The molecule has 0 fully saturated rings. The summed E-state index contributed by atoms with van der Waals surface area (Å²) in [6.45, 7) is 3.17. The second-order valence-corrected chi connectivity index (χ2v) is 4.47. The van der Waals surface area contributed by atoms with Crippen molar-refractivity contribution in [2.45, 2.75) is 20.1 Å². The Balaban J connectivity index is 2.16. The van der Waals surface area contributed by atoms with Crippen molar-refractivity contribution in [2.75, 3.05) is 7.11 Å². The zero-order valence-corrected chi connectivity index (χ0v) is 11.3. The summed E-state index contributed by atoms with van der Waals surface area (Å²) in [6, 6.07) is 13.8. The fourth-order valence-corrected chi connectivity index (χ4v) is 1.96. The Morgan fingerprint density at radius 3 is 2.53 bits per heavy atom. The lowest BCUT2D eigenvalue weighted by Crippen LogP contribution is -1.99. The van der Waals surface area contributed by atoms with Crippen LogP contribution in [0.5, 0.6) is 11.5 Å². The molecule has 0 aromatic heterocycles. The number of aryl methyl sites for hydroxylation is 1. The highest BCUT2D eigenvalue weighted by atomic mass is 16.5. The molecule has 2 rings (SSSR count). The Bertz CT molecular complexity index is 552. The van der Waals surface area contributed by atoms with Crippen LogP contribution in [-0.4, -0.2) is 7.11 Å². The van der Waals surface area contributed by atoms with E-state index in [1.807, 2.05) is 49.4 Å². The van der Waals surface area contributed by atoms with Crippen molar-refractivity contribution in [1.82, 2.24) is 0 Å². The van der Waals surface area contributed by atoms with Crippen molar-refractivity contribution in [3.63, 3.8) is 0 Å². The van der Waals surface area contributed by atoms with E-state index in [-0.39, 0.29) is 0 Å². The molecule has 0 atom stereocenters. The summed E-state index contributed by atoms with van der Waals surface area (Å²) in [6.07, 6.45) is 0. The van der Waals surface area contributed by atoms with Gasteiger partial charge >= 0.3 is 0 Å². The van der Waals surface area contributed by atoms with E-state index in [1.165, 1.54) is 0 Å². The van der Waals surface area contributed by atoms with Crippen molar-refractivity contribution < 1.29 is 9.47 Å². The lowest BCUT2D eigenvalue weighted by Gasteiger charge is -2.10. The maximum Gasteiger partial charge on any atom is 0.127 e. The van der Waals surface area contributed by atoms with E-state index >= 15 is 0 Å². The zero-order valence-electron chi connectivity index (χ0n) is 11.3. The molecule has 0 saturated carbocycles. The third kappa shape index (κ3) is 3.56. The number of rotatable bonds is 5. The van der Waals surface area contributed by atoms with Gasteiger partial charge in [0.05, 0.1) is 6.61 Å². The van der Waals surface area contributed by atoms with E-state index in [1.54, 1.807) is 7.11 Å². The molecule has 2 N–H and O–H groups in total. The standard InChI is InChI=1S/C16H19NO2/c1-12-8-16(7-6-14(12)10-17)19-15-5-3-4-13(9-15)11-18-2/h3-9H,10-11,17H2,1-2H3. The second kappa shape index (κ2) is 6.36. The third-order valence-electron chi connectivity index (χ3n) is 2.98. The van der Waals surface area contributed by atoms with E-state index in [2.05, 4.69) is 0 Å². The molecule has 0 unspecified atom stereocenters. The van der Waals surface area contributed by atoms with Crippen LogP contribution in [0, 0.1) is 6.92 Å². The smallest absolute Gasteiger partial charge is 0.127 e. The van der Waals surface area contributed by atoms with Crippen molar-refractivity contribution >= 4 is 0 Å². The molecule has 2 aromatic rings. The Morgan fingerprint density at radius 2 is 1.84 bits per heavy atom. The van der Waals surface area contributed by atoms with Gasteiger partial charge in [-0.15, -0.1) is 0 Å². The van der Waals surface area contributed by atoms with Crippen LogP contribution in [0.4, 0.5) is 0 Å².